The molecule has 2 bridgehead atoms. The van der Waals surface area contributed by atoms with E-state index in [0.717, 1.165) is 22.8 Å². The summed E-state index contributed by atoms with van der Waals surface area (Å²) in [7, 11) is 0. The Morgan fingerprint density at radius 1 is 1.45 bits per heavy atom. The molecular weight excluding hydrogens is 270 g/mol. The number of aliphatic hydroxyl groups excluding tert-OH is 1. The van der Waals surface area contributed by atoms with Gasteiger partial charge in [-0.2, -0.15) is 0 Å². The molecule has 0 spiro atoms. The first-order valence-electron chi connectivity index (χ1n) is 7.21. The van der Waals surface area contributed by atoms with Crippen LogP contribution in [0.3, 0.4) is 0 Å². The zero-order chi connectivity index (χ0) is 13.9. The summed E-state index contributed by atoms with van der Waals surface area (Å²) >= 11 is 1.60. The van der Waals surface area contributed by atoms with E-state index in [1.807, 2.05) is 11.4 Å². The van der Waals surface area contributed by atoms with Gasteiger partial charge in [-0.15, -0.1) is 11.3 Å². The SMILES string of the molecule is O=C(NCc1sccc1C#CCO)C1CC2CCC1C2. The fraction of sp³-hybridized carbons (Fsp3) is 0.562. The number of amides is 1. The third kappa shape index (κ3) is 2.74. The Kier molecular flexibility index (Phi) is 4.09. The molecule has 2 saturated carbocycles. The van der Waals surface area contributed by atoms with Gasteiger partial charge in [-0.3, -0.25) is 4.79 Å². The minimum atomic E-state index is -0.132. The summed E-state index contributed by atoms with van der Waals surface area (Å²) in [5, 5.41) is 13.8. The average molecular weight is 289 g/mol. The lowest BCUT2D eigenvalue weighted by molar-refractivity contribution is -0.126. The molecule has 3 rings (SSSR count). The van der Waals surface area contributed by atoms with E-state index in [-0.39, 0.29) is 18.4 Å². The Bertz CT molecular complexity index is 554. The van der Waals surface area contributed by atoms with Crippen molar-refractivity contribution in [2.75, 3.05) is 6.61 Å². The molecule has 1 aromatic rings. The summed E-state index contributed by atoms with van der Waals surface area (Å²) in [6.07, 6.45) is 4.89. The molecule has 2 aliphatic carbocycles. The maximum atomic E-state index is 12.3. The van der Waals surface area contributed by atoms with E-state index >= 15 is 0 Å². The van der Waals surface area contributed by atoms with Crippen LogP contribution in [-0.4, -0.2) is 17.6 Å². The molecule has 0 saturated heterocycles. The first kappa shape index (κ1) is 13.7. The van der Waals surface area contributed by atoms with Crippen molar-refractivity contribution in [1.29, 1.82) is 0 Å². The molecule has 4 heteroatoms. The van der Waals surface area contributed by atoms with E-state index in [1.165, 1.54) is 19.3 Å². The molecule has 1 amide bonds. The normalized spacial score (nSPS) is 27.1. The third-order valence-corrected chi connectivity index (χ3v) is 5.47. The lowest BCUT2D eigenvalue weighted by atomic mass is 9.88. The van der Waals surface area contributed by atoms with Crippen molar-refractivity contribution < 1.29 is 9.90 Å². The van der Waals surface area contributed by atoms with Gasteiger partial charge < -0.3 is 10.4 Å². The lowest BCUT2D eigenvalue weighted by Crippen LogP contribution is -2.33. The van der Waals surface area contributed by atoms with Crippen LogP contribution in [0.25, 0.3) is 0 Å². The number of fused-ring (bicyclic) bond motifs is 2. The monoisotopic (exact) mass is 289 g/mol. The summed E-state index contributed by atoms with van der Waals surface area (Å²) in [5.41, 5.74) is 0.914. The molecule has 1 heterocycles. The van der Waals surface area contributed by atoms with Gasteiger partial charge in [0, 0.05) is 16.4 Å². The highest BCUT2D eigenvalue weighted by atomic mass is 32.1. The molecule has 2 fully saturated rings. The fourth-order valence-electron chi connectivity index (χ4n) is 3.59. The van der Waals surface area contributed by atoms with Gasteiger partial charge in [0.05, 0.1) is 6.54 Å². The predicted octanol–water partition coefficient (Wildman–Crippen LogP) is 2.14. The Hall–Kier alpha value is -1.31. The van der Waals surface area contributed by atoms with Gasteiger partial charge in [0.1, 0.15) is 6.61 Å². The molecule has 3 atom stereocenters. The second-order valence-electron chi connectivity index (χ2n) is 5.72. The third-order valence-electron chi connectivity index (χ3n) is 4.55. The highest BCUT2D eigenvalue weighted by Gasteiger charge is 2.42. The Morgan fingerprint density at radius 2 is 2.35 bits per heavy atom. The highest BCUT2D eigenvalue weighted by molar-refractivity contribution is 7.10. The molecule has 2 aliphatic rings. The molecule has 106 valence electrons. The highest BCUT2D eigenvalue weighted by Crippen LogP contribution is 2.48. The molecule has 0 radical (unpaired) electrons. The largest absolute Gasteiger partial charge is 0.384 e. The van der Waals surface area contributed by atoms with Crippen LogP contribution in [0.5, 0.6) is 0 Å². The molecule has 3 unspecified atom stereocenters. The second kappa shape index (κ2) is 5.99. The average Bonchev–Trinajstić information content (AvgIpc) is 3.18. The van der Waals surface area contributed by atoms with Crippen molar-refractivity contribution in [2.24, 2.45) is 17.8 Å². The summed E-state index contributed by atoms with van der Waals surface area (Å²) in [4.78, 5) is 13.3. The Labute approximate surface area is 123 Å². The topological polar surface area (TPSA) is 49.3 Å². The van der Waals surface area contributed by atoms with E-state index in [9.17, 15) is 4.79 Å². The summed E-state index contributed by atoms with van der Waals surface area (Å²) in [6.45, 7) is 0.423. The van der Waals surface area contributed by atoms with Crippen molar-refractivity contribution in [3.8, 4) is 11.8 Å². The number of carbonyl (C=O) groups excluding carboxylic acids is 1. The molecule has 1 aromatic heterocycles. The maximum absolute atomic E-state index is 12.3. The number of hydrogen-bond acceptors (Lipinski definition) is 3. The quantitative estimate of drug-likeness (QED) is 0.838. The van der Waals surface area contributed by atoms with Crippen LogP contribution in [-0.2, 0) is 11.3 Å². The number of carbonyl (C=O) groups is 1. The van der Waals surface area contributed by atoms with Crippen LogP contribution in [0.1, 0.15) is 36.1 Å². The van der Waals surface area contributed by atoms with Crippen LogP contribution in [0, 0.1) is 29.6 Å². The van der Waals surface area contributed by atoms with Crippen LogP contribution in [0.2, 0.25) is 0 Å². The number of nitrogens with one attached hydrogen (secondary N) is 1. The van der Waals surface area contributed by atoms with Gasteiger partial charge >= 0.3 is 0 Å². The smallest absolute Gasteiger partial charge is 0.223 e. The van der Waals surface area contributed by atoms with E-state index in [4.69, 9.17) is 5.11 Å². The second-order valence-corrected chi connectivity index (χ2v) is 6.72. The predicted molar refractivity (Wildman–Crippen MR) is 79.1 cm³/mol. The first-order chi connectivity index (χ1) is 9.78. The zero-order valence-corrected chi connectivity index (χ0v) is 12.2. The van der Waals surface area contributed by atoms with Gasteiger partial charge in [-0.1, -0.05) is 18.3 Å². The van der Waals surface area contributed by atoms with Gasteiger partial charge in [0.25, 0.3) is 0 Å². The number of hydrogen-bond donors (Lipinski definition) is 2. The van der Waals surface area contributed by atoms with Crippen molar-refractivity contribution in [3.63, 3.8) is 0 Å². The van der Waals surface area contributed by atoms with Crippen LogP contribution in [0.15, 0.2) is 11.4 Å². The van der Waals surface area contributed by atoms with Crippen LogP contribution in [0.4, 0.5) is 0 Å². The Morgan fingerprint density at radius 3 is 3.05 bits per heavy atom. The molecule has 0 aromatic carbocycles. The lowest BCUT2D eigenvalue weighted by Gasteiger charge is -2.20. The van der Waals surface area contributed by atoms with Crippen molar-refractivity contribution in [1.82, 2.24) is 5.32 Å². The van der Waals surface area contributed by atoms with Gasteiger partial charge in [-0.05, 0) is 42.5 Å². The number of aliphatic hydroxyl groups is 1. The number of rotatable bonds is 3. The van der Waals surface area contributed by atoms with E-state index in [1.54, 1.807) is 11.3 Å². The van der Waals surface area contributed by atoms with Gasteiger partial charge in [0.2, 0.25) is 5.91 Å². The van der Waals surface area contributed by atoms with Gasteiger partial charge in [0.15, 0.2) is 0 Å². The molecule has 2 N–H and O–H groups in total. The summed E-state index contributed by atoms with van der Waals surface area (Å²) < 4.78 is 0. The minimum Gasteiger partial charge on any atom is -0.384 e. The van der Waals surface area contributed by atoms with Crippen LogP contribution < -0.4 is 5.32 Å². The molecular formula is C16H19NO2S. The maximum Gasteiger partial charge on any atom is 0.223 e. The molecule has 3 nitrogen and oxygen atoms in total. The molecule has 0 aliphatic heterocycles. The molecule has 20 heavy (non-hydrogen) atoms. The van der Waals surface area contributed by atoms with E-state index < -0.39 is 0 Å². The summed E-state index contributed by atoms with van der Waals surface area (Å²) in [6, 6.07) is 1.94. The van der Waals surface area contributed by atoms with Crippen LogP contribution >= 0.6 is 11.3 Å². The van der Waals surface area contributed by atoms with Crippen molar-refractivity contribution >= 4 is 17.2 Å². The Balaban J connectivity index is 1.57. The standard InChI is InChI=1S/C16H19NO2S/c18-6-1-2-12-5-7-20-15(12)10-17-16(19)14-9-11-3-4-13(14)8-11/h5,7,11,13-14,18H,3-4,6,8-10H2,(H,17,19). The van der Waals surface area contributed by atoms with Crippen molar-refractivity contribution in [3.05, 3.63) is 21.9 Å². The zero-order valence-electron chi connectivity index (χ0n) is 11.4. The van der Waals surface area contributed by atoms with E-state index in [0.29, 0.717) is 12.5 Å². The minimum absolute atomic E-state index is 0.132. The van der Waals surface area contributed by atoms with Crippen molar-refractivity contribution in [2.45, 2.75) is 32.2 Å². The number of thiophene rings is 1. The van der Waals surface area contributed by atoms with Gasteiger partial charge in [-0.25, -0.2) is 0 Å². The first-order valence-corrected chi connectivity index (χ1v) is 8.09. The summed E-state index contributed by atoms with van der Waals surface area (Å²) in [5.74, 6) is 7.45. The van der Waals surface area contributed by atoms with E-state index in [2.05, 4.69) is 17.2 Å². The fourth-order valence-corrected chi connectivity index (χ4v) is 4.36.